The number of Topliss-reactive ketones (excluding diaryl/α,β-unsaturated/α-hetero) is 1. The Morgan fingerprint density at radius 3 is 1.33 bits per heavy atom. The van der Waals surface area contributed by atoms with Gasteiger partial charge < -0.3 is 68.1 Å². The fourth-order valence-electron chi connectivity index (χ4n) is 12.5. The van der Waals surface area contributed by atoms with Gasteiger partial charge in [0.25, 0.3) is 5.91 Å². The molecule has 86 heavy (non-hydrogen) atoms. The predicted octanol–water partition coefficient (Wildman–Crippen LogP) is 5.96. The van der Waals surface area contributed by atoms with Crippen LogP contribution in [0.3, 0.4) is 0 Å². The zero-order valence-corrected chi connectivity index (χ0v) is 53.0. The third-order valence-corrected chi connectivity index (χ3v) is 18.4. The number of carbonyl (C=O) groups excluding carboxylic acids is 10. The van der Waals surface area contributed by atoms with Crippen molar-refractivity contribution in [2.24, 2.45) is 68.8 Å². The summed E-state index contributed by atoms with van der Waals surface area (Å²) in [4.78, 5) is 134. The molecule has 2 aliphatic heterocycles. The van der Waals surface area contributed by atoms with E-state index in [0.717, 1.165) is 19.3 Å². The van der Waals surface area contributed by atoms with E-state index in [1.54, 1.807) is 29.2 Å². The number of ether oxygens (including phenoxy) is 1. The minimum Gasteiger partial charge on any atom is -0.467 e. The van der Waals surface area contributed by atoms with Crippen molar-refractivity contribution < 1.29 is 52.7 Å². The number of hydrogen-bond donors (Lipinski definition) is 10. The molecule has 2 heterocycles. The maximum Gasteiger partial charge on any atom is 0.328 e. The van der Waals surface area contributed by atoms with Crippen LogP contribution in [0.5, 0.6) is 0 Å². The van der Waals surface area contributed by atoms with Gasteiger partial charge in [0.2, 0.25) is 23.5 Å². The summed E-state index contributed by atoms with van der Waals surface area (Å²) in [6.45, 7) is 28.3. The second-order valence-corrected chi connectivity index (χ2v) is 28.1. The van der Waals surface area contributed by atoms with Crippen LogP contribution in [0.15, 0.2) is 60.7 Å². The molecular formula is C63H96N12O11. The molecule has 23 heteroatoms. The summed E-state index contributed by atoms with van der Waals surface area (Å²) in [7, 11) is 1.33. The first-order valence-electron chi connectivity index (χ1n) is 30.3. The SMILES string of the molecule is CC(C)[C@@H](CNC(=O)Nc1ccccc1)NC(=O)N[C@H](C(=O)N1C[C@H]2[C@@H]([C@H]1C(=O)NC(CC1CCC1)C(=O)C(N)=O)C2(C)C)C(C)(C)C.COC(=O)[C@@H]1[C@@H]2[C@H](CN1C(=O)[C@@H](NC(=O)N[C@H](CNC(=O)Nc1ccccc1)C(C)C)C(C)(C)C)C2(C)C. The van der Waals surface area contributed by atoms with Crippen molar-refractivity contribution in [1.82, 2.24) is 47.0 Å². The highest BCUT2D eigenvalue weighted by molar-refractivity contribution is 6.37. The first-order valence-corrected chi connectivity index (χ1v) is 30.3. The number of primary amides is 1. The number of anilines is 2. The highest BCUT2D eigenvalue weighted by Gasteiger charge is 2.71. The molecule has 2 aromatic carbocycles. The molecule has 3 aliphatic carbocycles. The number of likely N-dealkylation sites (tertiary alicyclic amines) is 2. The number of amides is 12. The summed E-state index contributed by atoms with van der Waals surface area (Å²) in [6, 6.07) is 10.9. The average Bonchev–Trinajstić information content (AvgIpc) is 1.54. The van der Waals surface area contributed by atoms with Crippen LogP contribution in [0, 0.1) is 63.1 Å². The molecule has 11 atom stereocenters. The Balaban J connectivity index is 0.000000283. The average molecular weight is 1200 g/mol. The van der Waals surface area contributed by atoms with Gasteiger partial charge in [0.15, 0.2) is 0 Å². The molecule has 1 unspecified atom stereocenters. The van der Waals surface area contributed by atoms with Crippen LogP contribution in [0.4, 0.5) is 30.6 Å². The molecule has 2 saturated heterocycles. The number of hydrogen-bond acceptors (Lipinski definition) is 11. The molecule has 474 valence electrons. The van der Waals surface area contributed by atoms with Crippen LogP contribution >= 0.6 is 0 Å². The number of nitrogens with one attached hydrogen (secondary N) is 9. The summed E-state index contributed by atoms with van der Waals surface area (Å²) in [5.74, 6) is -3.15. The monoisotopic (exact) mass is 1200 g/mol. The standard InChI is InChI=1S/C35H53N7O6.C28H43N5O5/c1-19(2)24(17-37-32(47)38-21-14-9-8-10-15-21)40-33(48)41-28(34(3,4)5)31(46)42-18-22-25(35(22,6)7)26(42)30(45)39-23(27(43)29(36)44)16-20-12-11-13-20;1-16(2)19(14-29-25(36)30-17-12-10-9-11-13-17)31-26(37)32-22(27(3,4)5)23(34)33-15-18-20(28(18,6)7)21(33)24(35)38-8/h8-10,14-15,19-20,22-26,28H,11-13,16-18H2,1-7H3,(H2,36,44)(H,39,45)(H2,37,38,47)(H2,40,41,48);9-13,16,18-22H,14-15H2,1-8H3,(H2,29,30,36)(H2,31,32,37)/t22-,23?,24+,25-,26-,28+;18-,19+,20-,21-,22+/m00/s1. The van der Waals surface area contributed by atoms with Gasteiger partial charge in [-0.1, -0.05) is 153 Å². The van der Waals surface area contributed by atoms with Crippen molar-refractivity contribution in [2.45, 2.75) is 165 Å². The number of nitrogens with zero attached hydrogens (tertiary/aromatic N) is 2. The van der Waals surface area contributed by atoms with Gasteiger partial charge in [0, 0.05) is 43.5 Å². The maximum atomic E-state index is 14.3. The maximum absolute atomic E-state index is 14.3. The molecule has 5 fully saturated rings. The molecular weight excluding hydrogens is 1100 g/mol. The van der Waals surface area contributed by atoms with Crippen molar-refractivity contribution in [2.75, 3.05) is 43.9 Å². The van der Waals surface area contributed by atoms with Gasteiger partial charge in [-0.3, -0.25) is 24.0 Å². The van der Waals surface area contributed by atoms with Crippen molar-refractivity contribution in [3.63, 3.8) is 0 Å². The van der Waals surface area contributed by atoms with Crippen LogP contribution in [0.2, 0.25) is 0 Å². The lowest BCUT2D eigenvalue weighted by molar-refractivity contribution is -0.154. The molecule has 0 radical (unpaired) electrons. The van der Waals surface area contributed by atoms with Gasteiger partial charge in [-0.15, -0.1) is 0 Å². The highest BCUT2D eigenvalue weighted by atomic mass is 16.5. The third-order valence-electron chi connectivity index (χ3n) is 18.4. The van der Waals surface area contributed by atoms with Gasteiger partial charge in [0.1, 0.15) is 24.2 Å². The number of esters is 1. The van der Waals surface area contributed by atoms with E-state index in [2.05, 4.69) is 75.5 Å². The number of piperidine rings is 2. The predicted molar refractivity (Wildman–Crippen MR) is 327 cm³/mol. The number of urea groups is 4. The van der Waals surface area contributed by atoms with Crippen LogP contribution in [0.25, 0.3) is 0 Å². The van der Waals surface area contributed by atoms with Crippen molar-refractivity contribution >= 4 is 70.9 Å². The summed E-state index contributed by atoms with van der Waals surface area (Å²) in [5, 5.41) is 25.4. The molecule has 0 spiro atoms. The lowest BCUT2D eigenvalue weighted by Gasteiger charge is -2.38. The lowest BCUT2D eigenvalue weighted by Crippen LogP contribution is -2.62. The van der Waals surface area contributed by atoms with E-state index >= 15 is 0 Å². The first-order chi connectivity index (χ1) is 40.1. The zero-order chi connectivity index (χ0) is 64.0. The van der Waals surface area contributed by atoms with E-state index in [0.29, 0.717) is 30.9 Å². The second-order valence-electron chi connectivity index (χ2n) is 28.1. The molecule has 2 aromatic rings. The Morgan fingerprint density at radius 2 is 0.977 bits per heavy atom. The fraction of sp³-hybridized carbons (Fsp3) is 0.651. The van der Waals surface area contributed by atoms with Crippen LogP contribution in [-0.2, 0) is 33.5 Å². The normalized spacial score (nSPS) is 23.1. The van der Waals surface area contributed by atoms with Crippen molar-refractivity contribution in [1.29, 1.82) is 0 Å². The summed E-state index contributed by atoms with van der Waals surface area (Å²) >= 11 is 0. The van der Waals surface area contributed by atoms with E-state index in [1.807, 2.05) is 106 Å². The minimum atomic E-state index is -1.10. The van der Waals surface area contributed by atoms with Crippen LogP contribution in [0.1, 0.15) is 123 Å². The molecule has 0 aromatic heterocycles. The van der Waals surface area contributed by atoms with Crippen molar-refractivity contribution in [3.8, 4) is 0 Å². The molecule has 23 nitrogen and oxygen atoms in total. The molecule has 0 bridgehead atoms. The van der Waals surface area contributed by atoms with Crippen molar-refractivity contribution in [3.05, 3.63) is 60.7 Å². The summed E-state index contributed by atoms with van der Waals surface area (Å²) in [6.07, 6.45) is 3.20. The van der Waals surface area contributed by atoms with E-state index < -0.39 is 94.6 Å². The Bertz CT molecular complexity index is 2790. The largest absolute Gasteiger partial charge is 0.467 e. The molecule has 7 rings (SSSR count). The number of fused-ring (bicyclic) bond motifs is 2. The number of methoxy groups -OCH3 is 1. The summed E-state index contributed by atoms with van der Waals surface area (Å²) in [5.41, 5.74) is 5.07. The summed E-state index contributed by atoms with van der Waals surface area (Å²) < 4.78 is 5.04. The van der Waals surface area contributed by atoms with Gasteiger partial charge in [0.05, 0.1) is 25.2 Å². The Kier molecular flexibility index (Phi) is 21.6. The third kappa shape index (κ3) is 16.5. The molecule has 3 saturated carbocycles. The second kappa shape index (κ2) is 27.5. The fourth-order valence-corrected chi connectivity index (χ4v) is 12.5. The number of nitrogens with two attached hydrogens (primary N) is 1. The molecule has 11 N–H and O–H groups in total. The number of para-hydroxylation sites is 2. The number of benzene rings is 2. The number of ketones is 1. The molecule has 5 aliphatic rings. The highest BCUT2D eigenvalue weighted by Crippen LogP contribution is 2.66. The van der Waals surface area contributed by atoms with E-state index in [-0.39, 0.29) is 83.3 Å². The van der Waals surface area contributed by atoms with Crippen LogP contribution < -0.4 is 53.6 Å². The van der Waals surface area contributed by atoms with Gasteiger partial charge in [-0.05, 0) is 87.9 Å². The van der Waals surface area contributed by atoms with E-state index in [9.17, 15) is 47.9 Å². The van der Waals surface area contributed by atoms with Gasteiger partial charge in [-0.25, -0.2) is 24.0 Å². The van der Waals surface area contributed by atoms with Gasteiger partial charge in [-0.2, -0.15) is 0 Å². The number of rotatable bonds is 21. The Morgan fingerprint density at radius 1 is 0.581 bits per heavy atom. The quantitative estimate of drug-likeness (QED) is 0.0513. The van der Waals surface area contributed by atoms with E-state index in [4.69, 9.17) is 10.5 Å². The first kappa shape index (κ1) is 67.7. The van der Waals surface area contributed by atoms with E-state index in [1.165, 1.54) is 12.0 Å². The minimum absolute atomic E-state index is 0.0122. The Labute approximate surface area is 507 Å². The number of carbonyl (C=O) groups is 10. The lowest BCUT2D eigenvalue weighted by atomic mass is 9.80. The topological polar surface area (TPSA) is 321 Å². The van der Waals surface area contributed by atoms with Crippen LogP contribution in [-0.4, -0.2) is 145 Å². The Hall–Kier alpha value is -7.46. The smallest absolute Gasteiger partial charge is 0.328 e. The van der Waals surface area contributed by atoms with Gasteiger partial charge >= 0.3 is 30.1 Å². The molecule has 12 amide bonds. The zero-order valence-electron chi connectivity index (χ0n) is 53.0.